The Balaban J connectivity index is 2.02. The molecule has 23 heavy (non-hydrogen) atoms. The smallest absolute Gasteiger partial charge is 0.246 e. The second-order valence-corrected chi connectivity index (χ2v) is 5.59. The van der Waals surface area contributed by atoms with Crippen molar-refractivity contribution in [2.45, 2.75) is 39.5 Å². The van der Waals surface area contributed by atoms with Crippen LogP contribution < -0.4 is 10.6 Å². The molecule has 2 N–H and O–H groups in total. The van der Waals surface area contributed by atoms with Gasteiger partial charge in [-0.15, -0.1) is 0 Å². The maximum absolute atomic E-state index is 12.0. The Labute approximate surface area is 135 Å². The number of carbonyl (C=O) groups is 3. The van der Waals surface area contributed by atoms with Crippen molar-refractivity contribution in [2.24, 2.45) is 0 Å². The van der Waals surface area contributed by atoms with E-state index >= 15 is 0 Å². The van der Waals surface area contributed by atoms with Crippen LogP contribution in [0.2, 0.25) is 0 Å². The van der Waals surface area contributed by atoms with Crippen LogP contribution in [0.25, 0.3) is 0 Å². The summed E-state index contributed by atoms with van der Waals surface area (Å²) in [4.78, 5) is 36.4. The molecule has 0 bridgehead atoms. The maximum Gasteiger partial charge on any atom is 0.246 e. The van der Waals surface area contributed by atoms with E-state index < -0.39 is 6.04 Å². The minimum Gasteiger partial charge on any atom is -0.350 e. The van der Waals surface area contributed by atoms with E-state index in [0.717, 1.165) is 16.7 Å². The van der Waals surface area contributed by atoms with Gasteiger partial charge in [0.05, 0.1) is 0 Å². The molecule has 2 rings (SSSR count). The Morgan fingerprint density at radius 3 is 2.74 bits per heavy atom. The molecule has 0 saturated heterocycles. The zero-order valence-corrected chi connectivity index (χ0v) is 13.4. The number of hydrogen-bond donors (Lipinski definition) is 2. The molecule has 0 unspecified atom stereocenters. The average Bonchev–Trinajstić information content (AvgIpc) is 2.95. The van der Waals surface area contributed by atoms with Crippen molar-refractivity contribution in [1.29, 1.82) is 0 Å². The molecule has 1 heterocycles. The second kappa shape index (κ2) is 7.09. The van der Waals surface area contributed by atoms with E-state index in [4.69, 9.17) is 0 Å². The fraction of sp³-hybridized carbons (Fsp3) is 0.353. The van der Waals surface area contributed by atoms with Crippen LogP contribution in [-0.4, -0.2) is 28.7 Å². The Bertz CT molecular complexity index is 654. The van der Waals surface area contributed by atoms with Crippen LogP contribution in [0.4, 0.5) is 0 Å². The van der Waals surface area contributed by atoms with Crippen LogP contribution in [-0.2, 0) is 34.0 Å². The minimum absolute atomic E-state index is 0.101. The number of carbonyl (C=O) groups excluding carboxylic acids is 3. The molecule has 3 amide bonds. The molecule has 0 saturated carbocycles. The van der Waals surface area contributed by atoms with Gasteiger partial charge in [-0.3, -0.25) is 14.4 Å². The number of hydrogen-bond acceptors (Lipinski definition) is 3. The number of nitrogens with zero attached hydrogens (tertiary/aromatic N) is 1. The summed E-state index contributed by atoms with van der Waals surface area (Å²) in [5, 5.41) is 5.36. The molecule has 0 spiro atoms. The molecule has 1 atom stereocenters. The van der Waals surface area contributed by atoms with Crippen LogP contribution in [0.3, 0.4) is 0 Å². The van der Waals surface area contributed by atoms with Crippen LogP contribution in [0.5, 0.6) is 0 Å². The summed E-state index contributed by atoms with van der Waals surface area (Å²) < 4.78 is 0. The van der Waals surface area contributed by atoms with Gasteiger partial charge in [0, 0.05) is 26.6 Å². The van der Waals surface area contributed by atoms with Crippen LogP contribution in [0.15, 0.2) is 30.9 Å². The summed E-state index contributed by atoms with van der Waals surface area (Å²) in [6, 6.07) is 5.25. The Morgan fingerprint density at radius 1 is 1.35 bits per heavy atom. The molecular formula is C17H21N3O3. The van der Waals surface area contributed by atoms with Gasteiger partial charge in [0.2, 0.25) is 17.7 Å². The fourth-order valence-electron chi connectivity index (χ4n) is 2.65. The van der Waals surface area contributed by atoms with E-state index in [1.165, 1.54) is 13.0 Å². The van der Waals surface area contributed by atoms with Gasteiger partial charge in [0.1, 0.15) is 6.04 Å². The third-order valence-electron chi connectivity index (χ3n) is 3.83. The van der Waals surface area contributed by atoms with Gasteiger partial charge in [0.25, 0.3) is 0 Å². The quantitative estimate of drug-likeness (QED) is 0.791. The van der Waals surface area contributed by atoms with E-state index in [9.17, 15) is 14.4 Å². The summed E-state index contributed by atoms with van der Waals surface area (Å²) >= 11 is 0. The normalized spacial score (nSPS) is 13.9. The van der Waals surface area contributed by atoms with Gasteiger partial charge in [-0.1, -0.05) is 24.8 Å². The van der Waals surface area contributed by atoms with E-state index in [1.807, 2.05) is 18.2 Å². The van der Waals surface area contributed by atoms with Crippen molar-refractivity contribution in [3.63, 3.8) is 0 Å². The van der Waals surface area contributed by atoms with Gasteiger partial charge in [-0.2, -0.15) is 0 Å². The molecule has 0 aliphatic carbocycles. The number of benzene rings is 1. The summed E-state index contributed by atoms with van der Waals surface area (Å²) in [5.74, 6) is -0.586. The number of rotatable bonds is 5. The summed E-state index contributed by atoms with van der Waals surface area (Å²) in [6.45, 7) is 7.96. The second-order valence-electron chi connectivity index (χ2n) is 5.59. The van der Waals surface area contributed by atoms with Crippen LogP contribution >= 0.6 is 0 Å². The number of amides is 3. The minimum atomic E-state index is -0.580. The lowest BCUT2D eigenvalue weighted by molar-refractivity contribution is -0.127. The molecule has 0 aromatic heterocycles. The zero-order chi connectivity index (χ0) is 17.0. The summed E-state index contributed by atoms with van der Waals surface area (Å²) in [7, 11) is 0. The highest BCUT2D eigenvalue weighted by Gasteiger charge is 2.24. The molecule has 0 radical (unpaired) electrons. The van der Waals surface area contributed by atoms with Gasteiger partial charge in [0.15, 0.2) is 0 Å². The molecule has 6 nitrogen and oxygen atoms in total. The molecule has 1 aliphatic rings. The molecular weight excluding hydrogens is 294 g/mol. The third-order valence-corrected chi connectivity index (χ3v) is 3.83. The van der Waals surface area contributed by atoms with Crippen molar-refractivity contribution < 1.29 is 14.4 Å². The first-order valence-corrected chi connectivity index (χ1v) is 7.48. The van der Waals surface area contributed by atoms with E-state index in [2.05, 4.69) is 17.2 Å². The lowest BCUT2D eigenvalue weighted by Crippen LogP contribution is -2.43. The molecule has 1 aromatic carbocycles. The molecule has 1 aliphatic heterocycles. The molecule has 122 valence electrons. The maximum atomic E-state index is 12.0. The Morgan fingerprint density at radius 2 is 2.09 bits per heavy atom. The van der Waals surface area contributed by atoms with Crippen molar-refractivity contribution in [2.75, 3.05) is 0 Å². The predicted octanol–water partition coefficient (Wildman–Crippen LogP) is 0.856. The number of fused-ring (bicyclic) bond motifs is 1. The highest BCUT2D eigenvalue weighted by atomic mass is 16.2. The average molecular weight is 315 g/mol. The number of nitrogens with one attached hydrogen (secondary N) is 2. The van der Waals surface area contributed by atoms with Crippen molar-refractivity contribution in [3.8, 4) is 0 Å². The first kappa shape index (κ1) is 16.7. The highest BCUT2D eigenvalue weighted by Crippen LogP contribution is 2.26. The van der Waals surface area contributed by atoms with Gasteiger partial charge >= 0.3 is 0 Å². The predicted molar refractivity (Wildman–Crippen MR) is 86.0 cm³/mol. The zero-order valence-electron chi connectivity index (χ0n) is 13.4. The lowest BCUT2D eigenvalue weighted by atomic mass is 10.0. The lowest BCUT2D eigenvalue weighted by Gasteiger charge is -2.15. The summed E-state index contributed by atoms with van der Waals surface area (Å²) in [6.07, 6.45) is 1.31. The van der Waals surface area contributed by atoms with Crippen molar-refractivity contribution in [3.05, 3.63) is 47.5 Å². The van der Waals surface area contributed by atoms with E-state index in [-0.39, 0.29) is 17.7 Å². The van der Waals surface area contributed by atoms with E-state index in [0.29, 0.717) is 19.6 Å². The highest BCUT2D eigenvalue weighted by molar-refractivity contribution is 5.87. The monoisotopic (exact) mass is 315 g/mol. The van der Waals surface area contributed by atoms with E-state index in [1.54, 1.807) is 11.8 Å². The molecule has 1 aromatic rings. The standard InChI is InChI=1S/C17H21N3O3/c1-4-16(22)20-9-14-7-5-6-13(15(14)10-20)8-18-17(23)11(2)19-12(3)21/h4-7,11H,1,8-10H2,2-3H3,(H,18,23)(H,19,21)/t11-/m1/s1. The van der Waals surface area contributed by atoms with Gasteiger partial charge in [-0.05, 0) is 29.7 Å². The third kappa shape index (κ3) is 3.97. The van der Waals surface area contributed by atoms with Crippen molar-refractivity contribution >= 4 is 17.7 Å². The topological polar surface area (TPSA) is 78.5 Å². The van der Waals surface area contributed by atoms with Gasteiger partial charge < -0.3 is 15.5 Å². The molecule has 0 fully saturated rings. The Kier molecular flexibility index (Phi) is 5.16. The fourth-order valence-corrected chi connectivity index (χ4v) is 2.65. The Hall–Kier alpha value is -2.63. The van der Waals surface area contributed by atoms with Gasteiger partial charge in [-0.25, -0.2) is 0 Å². The van der Waals surface area contributed by atoms with Crippen LogP contribution in [0, 0.1) is 0 Å². The summed E-state index contributed by atoms with van der Waals surface area (Å²) in [5.41, 5.74) is 3.13. The largest absolute Gasteiger partial charge is 0.350 e. The van der Waals surface area contributed by atoms with Crippen LogP contribution in [0.1, 0.15) is 30.5 Å². The first-order valence-electron chi connectivity index (χ1n) is 7.48. The molecule has 6 heteroatoms. The first-order chi connectivity index (χ1) is 10.9. The van der Waals surface area contributed by atoms with Crippen molar-refractivity contribution in [1.82, 2.24) is 15.5 Å². The SMILES string of the molecule is C=CC(=O)N1Cc2cccc(CNC(=O)[C@@H](C)NC(C)=O)c2C1.